The minimum Gasteiger partial charge on any atom is -0.319 e. The zero-order chi connectivity index (χ0) is 12.3. The third kappa shape index (κ3) is 2.88. The summed E-state index contributed by atoms with van der Waals surface area (Å²) in [4.78, 5) is 20.0. The molecule has 0 radical (unpaired) electrons. The monoisotopic (exact) mass is 291 g/mol. The minimum atomic E-state index is -0.239. The highest BCUT2D eigenvalue weighted by atomic mass is 79.9. The van der Waals surface area contributed by atoms with Crippen LogP contribution in [0.5, 0.6) is 0 Å². The summed E-state index contributed by atoms with van der Waals surface area (Å²) >= 11 is 3.25. The Kier molecular flexibility index (Phi) is 3.49. The molecule has 0 aliphatic carbocycles. The van der Waals surface area contributed by atoms with Crippen molar-refractivity contribution in [3.63, 3.8) is 0 Å². The molecular formula is C12H10BrN3O. The molecule has 0 spiro atoms. The van der Waals surface area contributed by atoms with Gasteiger partial charge in [-0.1, -0.05) is 6.07 Å². The first-order chi connectivity index (χ1) is 8.16. The lowest BCUT2D eigenvalue weighted by Crippen LogP contribution is -2.15. The van der Waals surface area contributed by atoms with E-state index in [4.69, 9.17) is 0 Å². The number of hydrogen-bond acceptors (Lipinski definition) is 3. The Morgan fingerprint density at radius 2 is 2.18 bits per heavy atom. The van der Waals surface area contributed by atoms with Gasteiger partial charge in [-0.3, -0.25) is 9.78 Å². The number of anilines is 1. The molecule has 0 bridgehead atoms. The lowest BCUT2D eigenvalue weighted by atomic mass is 10.2. The van der Waals surface area contributed by atoms with Gasteiger partial charge in [-0.2, -0.15) is 0 Å². The number of nitrogens with zero attached hydrogens (tertiary/aromatic N) is 2. The highest BCUT2D eigenvalue weighted by molar-refractivity contribution is 9.10. The Morgan fingerprint density at radius 3 is 2.88 bits per heavy atom. The molecule has 0 fully saturated rings. The number of halogens is 1. The largest absolute Gasteiger partial charge is 0.319 e. The highest BCUT2D eigenvalue weighted by Gasteiger charge is 2.11. The van der Waals surface area contributed by atoms with E-state index in [-0.39, 0.29) is 5.91 Å². The lowest BCUT2D eigenvalue weighted by molar-refractivity contribution is 0.102. The second kappa shape index (κ2) is 5.05. The van der Waals surface area contributed by atoms with Crippen LogP contribution in [0, 0.1) is 6.92 Å². The van der Waals surface area contributed by atoms with Gasteiger partial charge in [0.2, 0.25) is 0 Å². The average Bonchev–Trinajstić information content (AvgIpc) is 2.33. The van der Waals surface area contributed by atoms with Crippen LogP contribution in [0.4, 0.5) is 5.69 Å². The normalized spacial score (nSPS) is 10.0. The molecule has 2 aromatic heterocycles. The van der Waals surface area contributed by atoms with E-state index < -0.39 is 0 Å². The molecule has 0 saturated heterocycles. The number of rotatable bonds is 2. The molecule has 2 rings (SSSR count). The predicted octanol–water partition coefficient (Wildman–Crippen LogP) is 2.80. The summed E-state index contributed by atoms with van der Waals surface area (Å²) in [6.45, 7) is 1.84. The van der Waals surface area contributed by atoms with Gasteiger partial charge in [0, 0.05) is 6.20 Å². The van der Waals surface area contributed by atoms with E-state index in [1.165, 1.54) is 0 Å². The first-order valence-electron chi connectivity index (χ1n) is 5.01. The van der Waals surface area contributed by atoms with E-state index in [0.717, 1.165) is 5.56 Å². The summed E-state index contributed by atoms with van der Waals surface area (Å²) in [6, 6.07) is 7.18. The molecule has 1 N–H and O–H groups in total. The number of carbonyl (C=O) groups is 1. The predicted molar refractivity (Wildman–Crippen MR) is 68.9 cm³/mol. The van der Waals surface area contributed by atoms with Crippen molar-refractivity contribution in [1.29, 1.82) is 0 Å². The Balaban J connectivity index is 2.23. The van der Waals surface area contributed by atoms with Crippen LogP contribution < -0.4 is 5.32 Å². The van der Waals surface area contributed by atoms with Crippen molar-refractivity contribution in [1.82, 2.24) is 9.97 Å². The van der Waals surface area contributed by atoms with Crippen molar-refractivity contribution in [2.24, 2.45) is 0 Å². The van der Waals surface area contributed by atoms with Crippen molar-refractivity contribution >= 4 is 27.5 Å². The van der Waals surface area contributed by atoms with E-state index >= 15 is 0 Å². The lowest BCUT2D eigenvalue weighted by Gasteiger charge is -2.06. The first kappa shape index (κ1) is 11.7. The Bertz CT molecular complexity index is 543. The summed E-state index contributed by atoms with van der Waals surface area (Å²) in [7, 11) is 0. The molecule has 0 aromatic carbocycles. The minimum absolute atomic E-state index is 0.239. The second-order valence-corrected chi connectivity index (χ2v) is 4.31. The number of aryl methyl sites for hydroxylation is 1. The van der Waals surface area contributed by atoms with E-state index in [0.29, 0.717) is 16.0 Å². The molecule has 86 valence electrons. The third-order valence-electron chi connectivity index (χ3n) is 2.20. The standard InChI is InChI=1S/C12H10BrN3O/c1-8-4-5-10(13)16-11(8)12(17)15-9-3-2-6-14-7-9/h2-7H,1H3,(H,15,17). The number of pyridine rings is 2. The highest BCUT2D eigenvalue weighted by Crippen LogP contribution is 2.13. The molecule has 0 aliphatic rings. The number of carbonyl (C=O) groups excluding carboxylic acids is 1. The fourth-order valence-electron chi connectivity index (χ4n) is 1.36. The number of nitrogens with one attached hydrogen (secondary N) is 1. The fraction of sp³-hybridized carbons (Fsp3) is 0.0833. The fourth-order valence-corrected chi connectivity index (χ4v) is 1.67. The smallest absolute Gasteiger partial charge is 0.274 e. The number of aromatic nitrogens is 2. The van der Waals surface area contributed by atoms with Crippen LogP contribution >= 0.6 is 15.9 Å². The maximum absolute atomic E-state index is 12.0. The zero-order valence-corrected chi connectivity index (χ0v) is 10.7. The molecule has 1 amide bonds. The molecule has 0 unspecified atom stereocenters. The molecule has 0 aliphatic heterocycles. The number of amides is 1. The SMILES string of the molecule is Cc1ccc(Br)nc1C(=O)Nc1cccnc1. The Hall–Kier alpha value is -1.75. The van der Waals surface area contributed by atoms with Crippen molar-refractivity contribution in [2.75, 3.05) is 5.32 Å². The van der Waals surface area contributed by atoms with Gasteiger partial charge < -0.3 is 5.32 Å². The van der Waals surface area contributed by atoms with Crippen molar-refractivity contribution < 1.29 is 4.79 Å². The molecule has 2 heterocycles. The maximum Gasteiger partial charge on any atom is 0.274 e. The zero-order valence-electron chi connectivity index (χ0n) is 9.14. The third-order valence-corrected chi connectivity index (χ3v) is 2.64. The summed E-state index contributed by atoms with van der Waals surface area (Å²) in [5.74, 6) is -0.239. The van der Waals surface area contributed by atoms with Crippen molar-refractivity contribution in [2.45, 2.75) is 6.92 Å². The van der Waals surface area contributed by atoms with E-state index in [2.05, 4.69) is 31.2 Å². The van der Waals surface area contributed by atoms with Gasteiger partial charge in [-0.25, -0.2) is 4.98 Å². The summed E-state index contributed by atoms with van der Waals surface area (Å²) in [5.41, 5.74) is 1.89. The van der Waals surface area contributed by atoms with Gasteiger partial charge >= 0.3 is 0 Å². The van der Waals surface area contributed by atoms with E-state index in [1.54, 1.807) is 30.6 Å². The van der Waals surface area contributed by atoms with Gasteiger partial charge in [0.15, 0.2) is 0 Å². The molecule has 2 aromatic rings. The van der Waals surface area contributed by atoms with Gasteiger partial charge in [-0.15, -0.1) is 0 Å². The molecular weight excluding hydrogens is 282 g/mol. The molecule has 5 heteroatoms. The van der Waals surface area contributed by atoms with Crippen LogP contribution in [0.15, 0.2) is 41.3 Å². The summed E-state index contributed by atoms with van der Waals surface area (Å²) < 4.78 is 0.638. The van der Waals surface area contributed by atoms with E-state index in [9.17, 15) is 4.79 Å². The molecule has 0 saturated carbocycles. The van der Waals surface area contributed by atoms with Crippen molar-refractivity contribution in [3.05, 3.63) is 52.5 Å². The van der Waals surface area contributed by atoms with Crippen LogP contribution in [0.3, 0.4) is 0 Å². The Morgan fingerprint density at radius 1 is 1.35 bits per heavy atom. The van der Waals surface area contributed by atoms with Crippen LogP contribution in [-0.4, -0.2) is 15.9 Å². The van der Waals surface area contributed by atoms with Gasteiger partial charge in [-0.05, 0) is 46.6 Å². The second-order valence-electron chi connectivity index (χ2n) is 3.50. The Labute approximate surface area is 107 Å². The molecule has 17 heavy (non-hydrogen) atoms. The van der Waals surface area contributed by atoms with Crippen LogP contribution in [-0.2, 0) is 0 Å². The summed E-state index contributed by atoms with van der Waals surface area (Å²) in [6.07, 6.45) is 3.24. The van der Waals surface area contributed by atoms with Gasteiger partial charge in [0.05, 0.1) is 11.9 Å². The molecule has 0 atom stereocenters. The average molecular weight is 292 g/mol. The number of hydrogen-bond donors (Lipinski definition) is 1. The summed E-state index contributed by atoms with van der Waals surface area (Å²) in [5, 5.41) is 2.74. The van der Waals surface area contributed by atoms with Gasteiger partial charge in [0.25, 0.3) is 5.91 Å². The van der Waals surface area contributed by atoms with Gasteiger partial charge in [0.1, 0.15) is 10.3 Å². The van der Waals surface area contributed by atoms with Crippen LogP contribution in [0.1, 0.15) is 16.1 Å². The topological polar surface area (TPSA) is 54.9 Å². The molecule has 4 nitrogen and oxygen atoms in total. The van der Waals surface area contributed by atoms with E-state index in [1.807, 2.05) is 13.0 Å². The van der Waals surface area contributed by atoms with Crippen molar-refractivity contribution in [3.8, 4) is 0 Å². The van der Waals surface area contributed by atoms with Crippen LogP contribution in [0.25, 0.3) is 0 Å². The quantitative estimate of drug-likeness (QED) is 0.866. The first-order valence-corrected chi connectivity index (χ1v) is 5.80. The van der Waals surface area contributed by atoms with Crippen LogP contribution in [0.2, 0.25) is 0 Å². The maximum atomic E-state index is 12.0.